The van der Waals surface area contributed by atoms with Gasteiger partial charge in [-0.25, -0.2) is 18.1 Å². The molecule has 0 aliphatic rings. The minimum atomic E-state index is -3.78. The number of benzene rings is 3. The van der Waals surface area contributed by atoms with Crippen molar-refractivity contribution in [1.82, 2.24) is 9.71 Å². The van der Waals surface area contributed by atoms with Crippen LogP contribution in [0.3, 0.4) is 0 Å². The van der Waals surface area contributed by atoms with Crippen molar-refractivity contribution in [2.24, 2.45) is 0 Å². The number of rotatable bonds is 7. The Kier molecular flexibility index (Phi) is 6.69. The molecule has 0 aliphatic carbocycles. The van der Waals surface area contributed by atoms with Crippen LogP contribution in [0.15, 0.2) is 83.1 Å². The predicted octanol–water partition coefficient (Wildman–Crippen LogP) is 5.16. The first-order valence-corrected chi connectivity index (χ1v) is 12.7. The number of nitrogens with one attached hydrogen (secondary N) is 2. The van der Waals surface area contributed by atoms with Crippen molar-refractivity contribution in [2.75, 3.05) is 5.32 Å². The molecule has 1 amide bonds. The van der Waals surface area contributed by atoms with Gasteiger partial charge in [-0.3, -0.25) is 4.79 Å². The third kappa shape index (κ3) is 5.54. The number of hydrogen-bond donors (Lipinski definition) is 2. The number of aromatic nitrogens is 1. The van der Waals surface area contributed by atoms with Gasteiger partial charge in [0.15, 0.2) is 0 Å². The molecule has 0 radical (unpaired) electrons. The summed E-state index contributed by atoms with van der Waals surface area (Å²) in [5, 5.41) is 5.81. The van der Waals surface area contributed by atoms with Gasteiger partial charge in [0.25, 0.3) is 5.91 Å². The van der Waals surface area contributed by atoms with E-state index in [9.17, 15) is 13.2 Å². The maximum atomic E-state index is 13.0. The SMILES string of the molecule is Cc1nc(-c2cccc(NC(=O)c3cc(S(=O)(=O)NCc4ccccc4)ccc3C)c2)cs1. The van der Waals surface area contributed by atoms with Crippen molar-refractivity contribution in [3.63, 3.8) is 0 Å². The fraction of sp³-hybridized carbons (Fsp3) is 0.120. The van der Waals surface area contributed by atoms with Crippen LogP contribution in [0.2, 0.25) is 0 Å². The van der Waals surface area contributed by atoms with Crippen molar-refractivity contribution < 1.29 is 13.2 Å². The molecule has 0 atom stereocenters. The summed E-state index contributed by atoms with van der Waals surface area (Å²) in [6.45, 7) is 3.89. The van der Waals surface area contributed by atoms with E-state index < -0.39 is 10.0 Å². The lowest BCUT2D eigenvalue weighted by molar-refractivity contribution is 0.102. The van der Waals surface area contributed by atoms with E-state index in [2.05, 4.69) is 15.0 Å². The monoisotopic (exact) mass is 477 g/mol. The highest BCUT2D eigenvalue weighted by atomic mass is 32.2. The molecule has 0 aliphatic heterocycles. The van der Waals surface area contributed by atoms with E-state index in [1.807, 2.05) is 60.8 Å². The lowest BCUT2D eigenvalue weighted by atomic mass is 10.1. The molecule has 3 aromatic carbocycles. The number of carbonyl (C=O) groups is 1. The van der Waals surface area contributed by atoms with E-state index in [0.29, 0.717) is 16.8 Å². The molecule has 4 aromatic rings. The number of aryl methyl sites for hydroxylation is 2. The molecule has 0 fully saturated rings. The highest BCUT2D eigenvalue weighted by molar-refractivity contribution is 7.89. The molecule has 0 bridgehead atoms. The molecule has 1 aromatic heterocycles. The van der Waals surface area contributed by atoms with E-state index in [1.165, 1.54) is 12.1 Å². The summed E-state index contributed by atoms with van der Waals surface area (Å²) in [7, 11) is -3.78. The smallest absolute Gasteiger partial charge is 0.255 e. The topological polar surface area (TPSA) is 88.2 Å². The first-order chi connectivity index (χ1) is 15.8. The zero-order valence-corrected chi connectivity index (χ0v) is 19.8. The second-order valence-electron chi connectivity index (χ2n) is 7.57. The largest absolute Gasteiger partial charge is 0.322 e. The molecular weight excluding hydrogens is 454 g/mol. The highest BCUT2D eigenvalue weighted by Gasteiger charge is 2.18. The van der Waals surface area contributed by atoms with Crippen molar-refractivity contribution in [3.05, 3.63) is 99.9 Å². The van der Waals surface area contributed by atoms with Gasteiger partial charge in [-0.2, -0.15) is 0 Å². The number of hydrogen-bond acceptors (Lipinski definition) is 5. The Morgan fingerprint density at radius 1 is 0.970 bits per heavy atom. The summed E-state index contributed by atoms with van der Waals surface area (Å²) < 4.78 is 28.2. The third-order valence-electron chi connectivity index (χ3n) is 5.11. The van der Waals surface area contributed by atoms with Crippen LogP contribution in [0, 0.1) is 13.8 Å². The Bertz CT molecular complexity index is 1400. The second kappa shape index (κ2) is 9.66. The molecule has 0 saturated heterocycles. The zero-order valence-electron chi connectivity index (χ0n) is 18.2. The van der Waals surface area contributed by atoms with Crippen LogP contribution in [0.25, 0.3) is 11.3 Å². The van der Waals surface area contributed by atoms with Crippen molar-refractivity contribution in [2.45, 2.75) is 25.3 Å². The van der Waals surface area contributed by atoms with Crippen LogP contribution >= 0.6 is 11.3 Å². The molecule has 1 heterocycles. The minimum absolute atomic E-state index is 0.0425. The van der Waals surface area contributed by atoms with Crippen molar-refractivity contribution in [3.8, 4) is 11.3 Å². The minimum Gasteiger partial charge on any atom is -0.322 e. The van der Waals surface area contributed by atoms with E-state index in [4.69, 9.17) is 0 Å². The first kappa shape index (κ1) is 22.8. The summed E-state index contributed by atoms with van der Waals surface area (Å²) in [6.07, 6.45) is 0. The fourth-order valence-electron chi connectivity index (χ4n) is 3.32. The predicted molar refractivity (Wildman–Crippen MR) is 132 cm³/mol. The van der Waals surface area contributed by atoms with Gasteiger partial charge in [0.05, 0.1) is 15.6 Å². The number of nitrogens with zero attached hydrogens (tertiary/aromatic N) is 1. The molecular formula is C25H23N3O3S2. The van der Waals surface area contributed by atoms with Crippen LogP contribution < -0.4 is 10.0 Å². The Balaban J connectivity index is 1.53. The molecule has 4 rings (SSSR count). The van der Waals surface area contributed by atoms with Crippen LogP contribution in [0.4, 0.5) is 5.69 Å². The van der Waals surface area contributed by atoms with Gasteiger partial charge >= 0.3 is 0 Å². The third-order valence-corrected chi connectivity index (χ3v) is 7.28. The quantitative estimate of drug-likeness (QED) is 0.385. The highest BCUT2D eigenvalue weighted by Crippen LogP contribution is 2.25. The van der Waals surface area contributed by atoms with Crippen LogP contribution in [0.5, 0.6) is 0 Å². The standard InChI is InChI=1S/C25H23N3O3S2/c1-17-11-12-22(33(30,31)26-15-19-7-4-3-5-8-19)14-23(17)25(29)28-21-10-6-9-20(13-21)24-16-32-18(2)27-24/h3-14,16,26H,15H2,1-2H3,(H,28,29). The second-order valence-corrected chi connectivity index (χ2v) is 10.4. The molecule has 6 nitrogen and oxygen atoms in total. The Morgan fingerprint density at radius 2 is 1.76 bits per heavy atom. The lowest BCUT2D eigenvalue weighted by Crippen LogP contribution is -2.24. The maximum Gasteiger partial charge on any atom is 0.255 e. The zero-order chi connectivity index (χ0) is 23.4. The first-order valence-electron chi connectivity index (χ1n) is 10.3. The van der Waals surface area contributed by atoms with Gasteiger partial charge in [-0.15, -0.1) is 11.3 Å². The van der Waals surface area contributed by atoms with E-state index in [0.717, 1.165) is 21.8 Å². The summed E-state index contributed by atoms with van der Waals surface area (Å²) in [4.78, 5) is 17.5. The van der Waals surface area contributed by atoms with Gasteiger partial charge in [0, 0.05) is 28.7 Å². The Morgan fingerprint density at radius 3 is 2.48 bits per heavy atom. The summed E-state index contributed by atoms with van der Waals surface area (Å²) >= 11 is 1.56. The maximum absolute atomic E-state index is 13.0. The average molecular weight is 478 g/mol. The normalized spacial score (nSPS) is 11.3. The number of thiazole rings is 1. The molecule has 0 spiro atoms. The van der Waals surface area contributed by atoms with E-state index >= 15 is 0 Å². The van der Waals surface area contributed by atoms with E-state index in [-0.39, 0.29) is 17.3 Å². The number of amides is 1. The van der Waals surface area contributed by atoms with Crippen LogP contribution in [-0.2, 0) is 16.6 Å². The Hall–Kier alpha value is -3.33. The molecule has 0 unspecified atom stereocenters. The lowest BCUT2D eigenvalue weighted by Gasteiger charge is -2.12. The summed E-state index contributed by atoms with van der Waals surface area (Å²) in [5.41, 5.74) is 4.19. The number of carbonyl (C=O) groups excluding carboxylic acids is 1. The molecule has 168 valence electrons. The van der Waals surface area contributed by atoms with Gasteiger partial charge in [-0.05, 0) is 49.2 Å². The van der Waals surface area contributed by atoms with Crippen LogP contribution in [0.1, 0.15) is 26.5 Å². The van der Waals surface area contributed by atoms with Gasteiger partial charge < -0.3 is 5.32 Å². The molecule has 33 heavy (non-hydrogen) atoms. The Labute approximate surface area is 197 Å². The van der Waals surface area contributed by atoms with E-state index in [1.54, 1.807) is 30.4 Å². The van der Waals surface area contributed by atoms with Gasteiger partial charge in [0.1, 0.15) is 0 Å². The average Bonchev–Trinajstić information content (AvgIpc) is 3.25. The molecule has 2 N–H and O–H groups in total. The summed E-state index contributed by atoms with van der Waals surface area (Å²) in [5.74, 6) is -0.376. The van der Waals surface area contributed by atoms with Crippen molar-refractivity contribution in [1.29, 1.82) is 0 Å². The molecule has 8 heteroatoms. The number of sulfonamides is 1. The molecule has 0 saturated carbocycles. The van der Waals surface area contributed by atoms with Crippen LogP contribution in [-0.4, -0.2) is 19.3 Å². The summed E-state index contributed by atoms with van der Waals surface area (Å²) in [6, 6.07) is 21.2. The fourth-order valence-corrected chi connectivity index (χ4v) is 4.99. The van der Waals surface area contributed by atoms with Crippen molar-refractivity contribution >= 4 is 33.0 Å². The number of anilines is 1. The van der Waals surface area contributed by atoms with Gasteiger partial charge in [0.2, 0.25) is 10.0 Å². The van der Waals surface area contributed by atoms with Gasteiger partial charge in [-0.1, -0.05) is 48.5 Å².